The summed E-state index contributed by atoms with van der Waals surface area (Å²) in [6.45, 7) is 6.56. The van der Waals surface area contributed by atoms with Crippen molar-refractivity contribution in [3.63, 3.8) is 0 Å². The Morgan fingerprint density at radius 3 is 1.00 bits per heavy atom. The van der Waals surface area contributed by atoms with Gasteiger partial charge in [0.05, 0.1) is 12.2 Å². The smallest absolute Gasteiger partial charge is 0.328 e. The maximum Gasteiger partial charge on any atom is 0.328 e. The molecule has 0 aliphatic heterocycles. The molecule has 0 aliphatic carbocycles. The maximum absolute atomic E-state index is 13.3. The number of rotatable bonds is 50. The van der Waals surface area contributed by atoms with E-state index in [1.807, 2.05) is 0 Å². The first-order chi connectivity index (χ1) is 30.3. The second-order valence-electron chi connectivity index (χ2n) is 19.0. The zero-order chi connectivity index (χ0) is 45.6. The fraction of sp³-hybridized carbons (Fsp3) is 0.891. The summed E-state index contributed by atoms with van der Waals surface area (Å²) >= 11 is 0. The number of hydrogen-bond acceptors (Lipinski definition) is 5. The Morgan fingerprint density at radius 2 is 0.710 bits per heavy atom. The summed E-state index contributed by atoms with van der Waals surface area (Å²) in [5, 5.41) is 23.8. The fourth-order valence-corrected chi connectivity index (χ4v) is 9.88. The van der Waals surface area contributed by atoms with Crippen LogP contribution in [0.4, 0.5) is 0 Å². The zero-order valence-corrected chi connectivity index (χ0v) is 42.7. The summed E-state index contributed by atoms with van der Waals surface area (Å²) < 4.78 is 19.4. The molecule has 0 aliphatic rings. The van der Waals surface area contributed by atoms with Gasteiger partial charge >= 0.3 is 7.60 Å². The van der Waals surface area contributed by atoms with Gasteiger partial charge in [-0.1, -0.05) is 218 Å². The average molecular weight is 894 g/mol. The molecule has 0 aromatic heterocycles. The van der Waals surface area contributed by atoms with E-state index in [1.54, 1.807) is 6.92 Å². The van der Waals surface area contributed by atoms with Crippen molar-refractivity contribution < 1.29 is 24.2 Å². The summed E-state index contributed by atoms with van der Waals surface area (Å²) in [5.74, 6) is 0. The average Bonchev–Trinajstić information content (AvgIpc) is 3.27. The summed E-state index contributed by atoms with van der Waals surface area (Å²) in [5.41, 5.74) is 2.80. The summed E-state index contributed by atoms with van der Waals surface area (Å²) in [7, 11) is -3.99. The van der Waals surface area contributed by atoms with Gasteiger partial charge in [0.2, 0.25) is 0 Å². The highest BCUT2D eigenvalue weighted by Gasteiger charge is 2.53. The molecule has 0 rings (SSSR count). The molecule has 368 valence electrons. The summed E-state index contributed by atoms with van der Waals surface area (Å²) in [6, 6.07) is 0. The predicted molar refractivity (Wildman–Crippen MR) is 273 cm³/mol. The molecule has 0 saturated heterocycles. The van der Waals surface area contributed by atoms with Gasteiger partial charge in [0.25, 0.3) is 0 Å². The Kier molecular flexibility index (Phi) is 44.9. The molecule has 0 aromatic rings. The molecule has 2 atom stereocenters. The van der Waals surface area contributed by atoms with Crippen LogP contribution < -0.4 is 5.73 Å². The Bertz CT molecular complexity index is 1020. The highest BCUT2D eigenvalue weighted by molar-refractivity contribution is 7.52. The molecule has 5 N–H and O–H groups in total. The minimum Gasteiger partial charge on any atom is -0.393 e. The Hall–Kier alpha value is -0.750. The van der Waals surface area contributed by atoms with Crippen molar-refractivity contribution in [1.82, 2.24) is 0 Å². The summed E-state index contributed by atoms with van der Waals surface area (Å²) in [6.07, 6.45) is 60.4. The van der Waals surface area contributed by atoms with Crippen molar-refractivity contribution >= 4 is 7.60 Å². The van der Waals surface area contributed by atoms with Gasteiger partial charge in [0.1, 0.15) is 5.60 Å². The standard InChI is InChI=1S/C55H108NO5P/c1-4-7-9-11-13-15-17-19-25-29-33-37-41-45-49-54(58,50-46-42-38-34-30-26-20-18-16-14-12-10-8-5-2)55(53-57,61-62(59,60)6-3)51-47-43-39-35-31-27-23-21-22-24-28-32-36-40-44-48-52-56/h15-18,21-22,57-58H,4-14,19-20,23-53,56H2,1-3H3,(H,59,60)/b17-15-,18-16-,22-21-/t55-/m0/s1. The van der Waals surface area contributed by atoms with Crippen LogP contribution in [0.2, 0.25) is 0 Å². The molecule has 0 amide bonds. The SMILES string of the molecule is CCCCCC/C=C\CCCCCCCCC(O)(CCCCCCCC/C=C\CCCCCC)[C@@](CO)(CCCCCCCC/C=C\CCCCCCCCN)OP(=O)(O)CC. The van der Waals surface area contributed by atoms with E-state index >= 15 is 0 Å². The molecule has 0 radical (unpaired) electrons. The molecule has 0 spiro atoms. The highest BCUT2D eigenvalue weighted by Crippen LogP contribution is 2.52. The van der Waals surface area contributed by atoms with Crippen molar-refractivity contribution in [2.75, 3.05) is 19.3 Å². The topological polar surface area (TPSA) is 113 Å². The molecule has 7 heteroatoms. The van der Waals surface area contributed by atoms with Gasteiger partial charge in [-0.15, -0.1) is 0 Å². The van der Waals surface area contributed by atoms with Gasteiger partial charge in [-0.2, -0.15) is 0 Å². The van der Waals surface area contributed by atoms with Crippen molar-refractivity contribution in [1.29, 1.82) is 0 Å². The Labute approximate surface area is 387 Å². The lowest BCUT2D eigenvalue weighted by Gasteiger charge is -2.47. The first-order valence-electron chi connectivity index (χ1n) is 27.3. The van der Waals surface area contributed by atoms with E-state index in [4.69, 9.17) is 10.3 Å². The van der Waals surface area contributed by atoms with Crippen LogP contribution in [0.25, 0.3) is 0 Å². The molecular weight excluding hydrogens is 786 g/mol. The zero-order valence-electron chi connectivity index (χ0n) is 41.8. The number of hydrogen-bond donors (Lipinski definition) is 4. The molecule has 1 unspecified atom stereocenters. The minimum atomic E-state index is -3.99. The van der Waals surface area contributed by atoms with Crippen LogP contribution in [-0.4, -0.2) is 45.6 Å². The summed E-state index contributed by atoms with van der Waals surface area (Å²) in [4.78, 5) is 10.9. The molecule has 0 bridgehead atoms. The lowest BCUT2D eigenvalue weighted by Crippen LogP contribution is -2.58. The predicted octanol–water partition coefficient (Wildman–Crippen LogP) is 17.3. The third-order valence-electron chi connectivity index (χ3n) is 13.2. The van der Waals surface area contributed by atoms with Crippen molar-refractivity contribution in [3.05, 3.63) is 36.5 Å². The monoisotopic (exact) mass is 894 g/mol. The molecule has 62 heavy (non-hydrogen) atoms. The van der Waals surface area contributed by atoms with E-state index in [1.165, 1.54) is 154 Å². The lowest BCUT2D eigenvalue weighted by molar-refractivity contribution is -0.173. The second kappa shape index (κ2) is 45.4. The van der Waals surface area contributed by atoms with Crippen LogP contribution in [0.5, 0.6) is 0 Å². The van der Waals surface area contributed by atoms with Crippen LogP contribution in [0.15, 0.2) is 36.5 Å². The van der Waals surface area contributed by atoms with Gasteiger partial charge in [-0.3, -0.25) is 9.09 Å². The second-order valence-corrected chi connectivity index (χ2v) is 21.1. The van der Waals surface area contributed by atoms with E-state index in [-0.39, 0.29) is 6.16 Å². The Balaban J connectivity index is 5.13. The van der Waals surface area contributed by atoms with E-state index < -0.39 is 25.4 Å². The van der Waals surface area contributed by atoms with Crippen molar-refractivity contribution in [2.24, 2.45) is 5.73 Å². The van der Waals surface area contributed by atoms with Gasteiger partial charge in [0, 0.05) is 6.16 Å². The number of aliphatic hydroxyl groups excluding tert-OH is 1. The van der Waals surface area contributed by atoms with Crippen molar-refractivity contribution in [2.45, 2.75) is 295 Å². The maximum atomic E-state index is 13.3. The fourth-order valence-electron chi connectivity index (χ4n) is 8.89. The van der Waals surface area contributed by atoms with Crippen LogP contribution in [0.3, 0.4) is 0 Å². The quantitative estimate of drug-likeness (QED) is 0.0275. The third kappa shape index (κ3) is 36.5. The number of aliphatic hydroxyl groups is 2. The molecular formula is C55H108NO5P. The van der Waals surface area contributed by atoms with Gasteiger partial charge in [0.15, 0.2) is 0 Å². The van der Waals surface area contributed by atoms with Crippen LogP contribution in [-0.2, 0) is 9.09 Å². The van der Waals surface area contributed by atoms with E-state index in [9.17, 15) is 19.7 Å². The van der Waals surface area contributed by atoms with Crippen LogP contribution in [0.1, 0.15) is 284 Å². The minimum absolute atomic E-state index is 0.0311. The van der Waals surface area contributed by atoms with Gasteiger partial charge in [-0.05, 0) is 109 Å². The third-order valence-corrected chi connectivity index (χ3v) is 14.7. The largest absolute Gasteiger partial charge is 0.393 e. The highest BCUT2D eigenvalue weighted by atomic mass is 31.2. The number of unbranched alkanes of at least 4 members (excludes halogenated alkanes) is 32. The van der Waals surface area contributed by atoms with Crippen LogP contribution in [0, 0.1) is 0 Å². The molecule has 0 fully saturated rings. The molecule has 6 nitrogen and oxygen atoms in total. The van der Waals surface area contributed by atoms with Gasteiger partial charge < -0.3 is 20.8 Å². The normalized spacial score (nSPS) is 14.5. The van der Waals surface area contributed by atoms with Crippen LogP contribution >= 0.6 is 7.60 Å². The first kappa shape index (κ1) is 61.2. The first-order valence-corrected chi connectivity index (χ1v) is 29.0. The van der Waals surface area contributed by atoms with E-state index in [0.29, 0.717) is 19.3 Å². The number of nitrogens with two attached hydrogens (primary N) is 1. The van der Waals surface area contributed by atoms with Crippen molar-refractivity contribution in [3.8, 4) is 0 Å². The lowest BCUT2D eigenvalue weighted by atomic mass is 9.73. The van der Waals surface area contributed by atoms with Gasteiger partial charge in [-0.25, -0.2) is 0 Å². The number of allylic oxidation sites excluding steroid dienone is 6. The molecule has 0 aromatic carbocycles. The molecule has 0 saturated carbocycles. The van der Waals surface area contributed by atoms with E-state index in [2.05, 4.69) is 50.3 Å². The van der Waals surface area contributed by atoms with E-state index in [0.717, 1.165) is 96.4 Å². The molecule has 0 heterocycles. The Morgan fingerprint density at radius 1 is 0.435 bits per heavy atom.